The first-order valence-corrected chi connectivity index (χ1v) is 14.6. The van der Waals surface area contributed by atoms with E-state index in [0.717, 1.165) is 5.92 Å². The van der Waals surface area contributed by atoms with Crippen LogP contribution in [0.4, 0.5) is 0 Å². The van der Waals surface area contributed by atoms with Crippen LogP contribution >= 0.6 is 0 Å². The van der Waals surface area contributed by atoms with Crippen LogP contribution < -0.4 is 0 Å². The lowest BCUT2D eigenvalue weighted by molar-refractivity contribution is 0.233. The van der Waals surface area contributed by atoms with Gasteiger partial charge < -0.3 is 0 Å². The molecule has 0 saturated heterocycles. The van der Waals surface area contributed by atoms with E-state index in [9.17, 15) is 0 Å². The number of hydrogen-bond acceptors (Lipinski definition) is 0. The van der Waals surface area contributed by atoms with Crippen molar-refractivity contribution in [2.75, 3.05) is 0 Å². The molecule has 2 saturated carbocycles. The molecule has 0 unspecified atom stereocenters. The average Bonchev–Trinajstić information content (AvgIpc) is 2.83. The van der Waals surface area contributed by atoms with Crippen LogP contribution in [0.5, 0.6) is 0 Å². The molecular weight excluding hydrogens is 396 g/mol. The summed E-state index contributed by atoms with van der Waals surface area (Å²) < 4.78 is 0. The van der Waals surface area contributed by atoms with Gasteiger partial charge in [0.05, 0.1) is 0 Å². The van der Waals surface area contributed by atoms with E-state index in [0.29, 0.717) is 5.41 Å². The Morgan fingerprint density at radius 3 is 1.97 bits per heavy atom. The summed E-state index contributed by atoms with van der Waals surface area (Å²) in [5.41, 5.74) is 5.14. The maximum absolute atomic E-state index is 4.22. The average molecular weight is 461 g/mol. The molecule has 0 aromatic rings. The number of hydrogen-bond donors (Lipinski definition) is 0. The van der Waals surface area contributed by atoms with Gasteiger partial charge in [-0.15, -0.1) is 0 Å². The summed E-state index contributed by atoms with van der Waals surface area (Å²) in [6.07, 6.45) is 25.0. The first kappa shape index (κ1) is 36.5. The van der Waals surface area contributed by atoms with E-state index in [1.165, 1.54) is 88.2 Å². The van der Waals surface area contributed by atoms with Gasteiger partial charge in [-0.25, -0.2) is 0 Å². The molecule has 0 aromatic carbocycles. The molecule has 2 rings (SSSR count). The Labute approximate surface area is 212 Å². The van der Waals surface area contributed by atoms with Crippen molar-refractivity contribution in [2.24, 2.45) is 11.3 Å². The maximum atomic E-state index is 4.22. The highest BCUT2D eigenvalue weighted by Crippen LogP contribution is 2.42. The minimum Gasteiger partial charge on any atom is -0.0956 e. The second-order valence-corrected chi connectivity index (χ2v) is 9.43. The summed E-state index contributed by atoms with van der Waals surface area (Å²) in [5, 5.41) is 0. The summed E-state index contributed by atoms with van der Waals surface area (Å²) in [6.45, 7) is 27.7. The third-order valence-corrected chi connectivity index (χ3v) is 5.94. The molecule has 0 N–H and O–H groups in total. The van der Waals surface area contributed by atoms with Gasteiger partial charge in [0.25, 0.3) is 0 Å². The molecule has 33 heavy (non-hydrogen) atoms. The lowest BCUT2D eigenvalue weighted by Gasteiger charge is -2.35. The van der Waals surface area contributed by atoms with Gasteiger partial charge in [-0.1, -0.05) is 125 Å². The molecule has 2 aliphatic rings. The monoisotopic (exact) mass is 461 g/mol. The maximum Gasteiger partial charge on any atom is -0.0263 e. The molecule has 196 valence electrons. The van der Waals surface area contributed by atoms with Crippen molar-refractivity contribution in [1.82, 2.24) is 0 Å². The highest BCUT2D eigenvalue weighted by Gasteiger charge is 2.27. The number of allylic oxidation sites excluding steroid dienone is 7. The van der Waals surface area contributed by atoms with E-state index >= 15 is 0 Å². The van der Waals surface area contributed by atoms with Crippen LogP contribution in [0.2, 0.25) is 0 Å². The summed E-state index contributed by atoms with van der Waals surface area (Å²) in [7, 11) is 0. The van der Waals surface area contributed by atoms with E-state index in [-0.39, 0.29) is 0 Å². The Bertz CT molecular complexity index is 510. The largest absolute Gasteiger partial charge is 0.0956 e. The smallest absolute Gasteiger partial charge is 0.0263 e. The summed E-state index contributed by atoms with van der Waals surface area (Å²) >= 11 is 0. The number of rotatable bonds is 6. The van der Waals surface area contributed by atoms with Crippen molar-refractivity contribution in [3.8, 4) is 0 Å². The quantitative estimate of drug-likeness (QED) is 0.346. The van der Waals surface area contributed by atoms with Crippen LogP contribution in [0.3, 0.4) is 0 Å². The van der Waals surface area contributed by atoms with Gasteiger partial charge in [-0.3, -0.25) is 0 Å². The van der Waals surface area contributed by atoms with Crippen molar-refractivity contribution in [3.05, 3.63) is 47.6 Å². The van der Waals surface area contributed by atoms with Gasteiger partial charge in [0, 0.05) is 0 Å². The Kier molecular flexibility index (Phi) is 28.3. The zero-order chi connectivity index (χ0) is 26.1. The van der Waals surface area contributed by atoms with Gasteiger partial charge in [-0.2, -0.15) is 0 Å². The predicted molar refractivity (Wildman–Crippen MR) is 158 cm³/mol. The third kappa shape index (κ3) is 20.1. The minimum absolute atomic E-state index is 0.570. The van der Waals surface area contributed by atoms with Crippen LogP contribution in [0.15, 0.2) is 47.6 Å². The summed E-state index contributed by atoms with van der Waals surface area (Å²) in [4.78, 5) is 0. The van der Waals surface area contributed by atoms with Gasteiger partial charge in [0.2, 0.25) is 0 Å². The van der Waals surface area contributed by atoms with Crippen LogP contribution in [0.25, 0.3) is 0 Å². The molecule has 0 radical (unpaired) electrons. The first-order valence-electron chi connectivity index (χ1n) is 14.6. The third-order valence-electron chi connectivity index (χ3n) is 5.94. The van der Waals surface area contributed by atoms with E-state index in [1.807, 2.05) is 41.5 Å². The van der Waals surface area contributed by atoms with Crippen LogP contribution in [-0.4, -0.2) is 0 Å². The first-order chi connectivity index (χ1) is 15.9. The fourth-order valence-corrected chi connectivity index (χ4v) is 4.37. The standard InChI is InChI=1S/C19H30.C8H16.3C2H6/c1-4-13-19(3)14-7-9-17(15-19)11-12-18-10-6-5-8-16(18)2;1-4-5-6-7-8(2)3;3*1-2/h11-12H,2,4-10,13-15H2,1,3H3;5-6,8H,4,7H2,1-3H3;3*1-2H3/b17-11+,18-12-;6-5+;;;/t19-;;;;/m0..../s1. The summed E-state index contributed by atoms with van der Waals surface area (Å²) in [5.74, 6) is 0.817. The second kappa shape index (κ2) is 25.6. The van der Waals surface area contributed by atoms with Crippen LogP contribution in [-0.2, 0) is 0 Å². The topological polar surface area (TPSA) is 0 Å². The van der Waals surface area contributed by atoms with Crippen molar-refractivity contribution in [3.63, 3.8) is 0 Å². The molecule has 0 heterocycles. The molecule has 0 bridgehead atoms. The lowest BCUT2D eigenvalue weighted by Crippen LogP contribution is -2.21. The van der Waals surface area contributed by atoms with Gasteiger partial charge in [0.15, 0.2) is 0 Å². The lowest BCUT2D eigenvalue weighted by atomic mass is 9.71. The fraction of sp³-hybridized carbons (Fsp3) is 0.758. The molecule has 0 amide bonds. The van der Waals surface area contributed by atoms with E-state index < -0.39 is 0 Å². The summed E-state index contributed by atoms with van der Waals surface area (Å²) in [6, 6.07) is 0. The normalized spacial score (nSPS) is 22.4. The van der Waals surface area contributed by atoms with Crippen molar-refractivity contribution >= 4 is 0 Å². The van der Waals surface area contributed by atoms with E-state index in [1.54, 1.807) is 5.57 Å². The van der Waals surface area contributed by atoms with Gasteiger partial charge >= 0.3 is 0 Å². The highest BCUT2D eigenvalue weighted by molar-refractivity contribution is 5.34. The molecule has 1 atom stereocenters. The zero-order valence-electron chi connectivity index (χ0n) is 25.1. The molecule has 0 aliphatic heterocycles. The second-order valence-electron chi connectivity index (χ2n) is 9.43. The van der Waals surface area contributed by atoms with Crippen molar-refractivity contribution in [2.45, 2.75) is 153 Å². The van der Waals surface area contributed by atoms with Gasteiger partial charge in [0.1, 0.15) is 0 Å². The molecule has 2 fully saturated rings. The van der Waals surface area contributed by atoms with E-state index in [4.69, 9.17) is 0 Å². The predicted octanol–water partition coefficient (Wildman–Crippen LogP) is 12.4. The van der Waals surface area contributed by atoms with Crippen molar-refractivity contribution in [1.29, 1.82) is 0 Å². The Morgan fingerprint density at radius 1 is 0.848 bits per heavy atom. The molecular formula is C33H64. The fourth-order valence-electron chi connectivity index (χ4n) is 4.37. The molecule has 0 nitrogen and oxygen atoms in total. The molecule has 0 aromatic heterocycles. The van der Waals surface area contributed by atoms with Gasteiger partial charge in [-0.05, 0) is 87.5 Å². The Morgan fingerprint density at radius 2 is 1.45 bits per heavy atom. The minimum atomic E-state index is 0.570. The molecule has 0 heteroatoms. The van der Waals surface area contributed by atoms with E-state index in [2.05, 4.69) is 65.5 Å². The SMILES string of the molecule is C=C1CCCC/C1=C/C=C1\CCC[C@](C)(CCC)C1.CC.CC.CC.CC/C=C/CC(C)C. The van der Waals surface area contributed by atoms with Crippen molar-refractivity contribution < 1.29 is 0 Å². The van der Waals surface area contributed by atoms with Crippen LogP contribution in [0, 0.1) is 11.3 Å². The highest BCUT2D eigenvalue weighted by atomic mass is 14.3. The Hall–Kier alpha value is -1.04. The van der Waals surface area contributed by atoms with Crippen LogP contribution in [0.1, 0.15) is 153 Å². The molecule has 0 spiro atoms. The molecule has 2 aliphatic carbocycles. The Balaban J connectivity index is -0.000000542. The zero-order valence-corrected chi connectivity index (χ0v) is 25.1.